The second kappa shape index (κ2) is 8.03. The second-order valence-electron chi connectivity index (χ2n) is 5.94. The van der Waals surface area contributed by atoms with E-state index in [0.717, 1.165) is 31.4 Å². The number of nitrogens with one attached hydrogen (secondary N) is 1. The molecule has 1 aromatic carbocycles. The van der Waals surface area contributed by atoms with Crippen LogP contribution in [0.2, 0.25) is 5.02 Å². The van der Waals surface area contributed by atoms with E-state index in [9.17, 15) is 4.79 Å². The molecule has 2 aliphatic rings. The van der Waals surface area contributed by atoms with E-state index in [1.165, 1.54) is 7.11 Å². The number of nitrogens with zero attached hydrogens (tertiary/aromatic N) is 1. The number of halogens is 1. The molecule has 0 bridgehead atoms. The molecule has 1 heterocycles. The summed E-state index contributed by atoms with van der Waals surface area (Å²) in [6.45, 7) is 1.14. The van der Waals surface area contributed by atoms with Gasteiger partial charge in [0.2, 0.25) is 0 Å². The molecular weight excluding hydrogens is 348 g/mol. The lowest BCUT2D eigenvalue weighted by Gasteiger charge is -2.31. The van der Waals surface area contributed by atoms with Gasteiger partial charge in [0, 0.05) is 18.5 Å². The monoisotopic (exact) mass is 368 g/mol. The Labute approximate surface area is 151 Å². The number of oxime groups is 1. The molecule has 1 spiro atoms. The van der Waals surface area contributed by atoms with Gasteiger partial charge in [-0.25, -0.2) is 0 Å². The molecule has 1 aliphatic carbocycles. The zero-order valence-electron chi connectivity index (χ0n) is 14.0. The average molecular weight is 369 g/mol. The molecule has 8 heteroatoms. The molecule has 1 saturated carbocycles. The molecule has 7 nitrogen and oxygen atoms in total. The number of amides is 1. The van der Waals surface area contributed by atoms with Gasteiger partial charge in [0.25, 0.3) is 5.91 Å². The van der Waals surface area contributed by atoms with Crippen LogP contribution in [0.25, 0.3) is 0 Å². The van der Waals surface area contributed by atoms with Crippen molar-refractivity contribution >= 4 is 28.9 Å². The van der Waals surface area contributed by atoms with E-state index in [0.29, 0.717) is 29.7 Å². The van der Waals surface area contributed by atoms with E-state index in [2.05, 4.69) is 10.5 Å². The first kappa shape index (κ1) is 18.0. The maximum absolute atomic E-state index is 11.9. The van der Waals surface area contributed by atoms with Crippen molar-refractivity contribution in [3.63, 3.8) is 0 Å². The summed E-state index contributed by atoms with van der Waals surface area (Å²) in [6.07, 6.45) is 3.03. The van der Waals surface area contributed by atoms with Gasteiger partial charge in [0.1, 0.15) is 5.75 Å². The van der Waals surface area contributed by atoms with Crippen LogP contribution >= 0.6 is 11.6 Å². The Morgan fingerprint density at radius 1 is 1.32 bits per heavy atom. The van der Waals surface area contributed by atoms with Crippen molar-refractivity contribution < 1.29 is 23.8 Å². The van der Waals surface area contributed by atoms with Gasteiger partial charge in [-0.1, -0.05) is 16.8 Å². The topological polar surface area (TPSA) is 78.4 Å². The number of anilines is 1. The van der Waals surface area contributed by atoms with Crippen LogP contribution in [0.15, 0.2) is 23.4 Å². The molecule has 1 N–H and O–H groups in total. The van der Waals surface area contributed by atoms with Gasteiger partial charge in [0.05, 0.1) is 31.1 Å². The molecule has 0 unspecified atom stereocenters. The highest BCUT2D eigenvalue weighted by molar-refractivity contribution is 6.32. The van der Waals surface area contributed by atoms with E-state index in [1.54, 1.807) is 18.2 Å². The summed E-state index contributed by atoms with van der Waals surface area (Å²) in [5.74, 6) is -0.183. The zero-order chi connectivity index (χ0) is 17.7. The van der Waals surface area contributed by atoms with Crippen molar-refractivity contribution in [1.82, 2.24) is 0 Å². The van der Waals surface area contributed by atoms with Gasteiger partial charge in [-0.3, -0.25) is 4.79 Å². The number of rotatable bonds is 5. The van der Waals surface area contributed by atoms with Gasteiger partial charge >= 0.3 is 0 Å². The zero-order valence-corrected chi connectivity index (χ0v) is 14.8. The highest BCUT2D eigenvalue weighted by Crippen LogP contribution is 2.34. The summed E-state index contributed by atoms with van der Waals surface area (Å²) in [4.78, 5) is 17.1. The molecule has 0 radical (unpaired) electrons. The Morgan fingerprint density at radius 2 is 2.04 bits per heavy atom. The number of carbonyl (C=O) groups is 1. The SMILES string of the molecule is COc1ccc(NC(=O)CON=C2CCC3(CC2)OCCO3)cc1Cl. The highest BCUT2D eigenvalue weighted by Gasteiger charge is 2.39. The number of hydrogen-bond donors (Lipinski definition) is 1. The number of ether oxygens (including phenoxy) is 3. The fourth-order valence-electron chi connectivity index (χ4n) is 2.92. The number of methoxy groups -OCH3 is 1. The first-order valence-electron chi connectivity index (χ1n) is 8.19. The van der Waals surface area contributed by atoms with E-state index in [-0.39, 0.29) is 12.5 Å². The molecule has 25 heavy (non-hydrogen) atoms. The molecule has 2 fully saturated rings. The fourth-order valence-corrected chi connectivity index (χ4v) is 3.18. The lowest BCUT2D eigenvalue weighted by atomic mass is 9.92. The lowest BCUT2D eigenvalue weighted by molar-refractivity contribution is -0.168. The smallest absolute Gasteiger partial charge is 0.265 e. The summed E-state index contributed by atoms with van der Waals surface area (Å²) in [5, 5.41) is 7.19. The minimum absolute atomic E-state index is 0.161. The van der Waals surface area contributed by atoms with Crippen LogP contribution in [0, 0.1) is 0 Å². The Hall–Kier alpha value is -1.83. The van der Waals surface area contributed by atoms with E-state index in [1.807, 2.05) is 0 Å². The Bertz CT molecular complexity index is 646. The van der Waals surface area contributed by atoms with Gasteiger partial charge < -0.3 is 24.4 Å². The van der Waals surface area contributed by atoms with Gasteiger partial charge in [0.15, 0.2) is 12.4 Å². The third kappa shape index (κ3) is 4.62. The molecule has 1 saturated heterocycles. The van der Waals surface area contributed by atoms with Gasteiger partial charge in [-0.15, -0.1) is 0 Å². The van der Waals surface area contributed by atoms with Crippen molar-refractivity contribution in [2.24, 2.45) is 5.16 Å². The summed E-state index contributed by atoms with van der Waals surface area (Å²) in [5.41, 5.74) is 1.49. The van der Waals surface area contributed by atoms with Gasteiger partial charge in [-0.05, 0) is 31.0 Å². The summed E-state index contributed by atoms with van der Waals surface area (Å²) in [7, 11) is 1.53. The van der Waals surface area contributed by atoms with E-state index >= 15 is 0 Å². The maximum atomic E-state index is 11.9. The summed E-state index contributed by atoms with van der Waals surface area (Å²) in [6, 6.07) is 5.01. The third-order valence-corrected chi connectivity index (χ3v) is 4.52. The van der Waals surface area contributed by atoms with Crippen LogP contribution in [-0.2, 0) is 19.1 Å². The lowest BCUT2D eigenvalue weighted by Crippen LogP contribution is -2.35. The van der Waals surface area contributed by atoms with Crippen molar-refractivity contribution in [1.29, 1.82) is 0 Å². The number of benzene rings is 1. The predicted octanol–water partition coefficient (Wildman–Crippen LogP) is 2.98. The summed E-state index contributed by atoms with van der Waals surface area (Å²) >= 11 is 6.02. The van der Waals surface area contributed by atoms with Crippen LogP contribution in [0.1, 0.15) is 25.7 Å². The first-order chi connectivity index (χ1) is 12.1. The maximum Gasteiger partial charge on any atom is 0.265 e. The minimum Gasteiger partial charge on any atom is -0.495 e. The minimum atomic E-state index is -0.427. The first-order valence-corrected chi connectivity index (χ1v) is 8.57. The molecule has 136 valence electrons. The Kier molecular flexibility index (Phi) is 5.78. The van der Waals surface area contributed by atoms with Crippen LogP contribution < -0.4 is 10.1 Å². The van der Waals surface area contributed by atoms with Crippen molar-refractivity contribution in [3.05, 3.63) is 23.2 Å². The number of hydrogen-bond acceptors (Lipinski definition) is 6. The van der Waals surface area contributed by atoms with Crippen molar-refractivity contribution in [3.8, 4) is 5.75 Å². The van der Waals surface area contributed by atoms with Crippen LogP contribution in [-0.4, -0.2) is 44.3 Å². The molecule has 3 rings (SSSR count). The molecular formula is C17H21ClN2O5. The predicted molar refractivity (Wildman–Crippen MR) is 93.1 cm³/mol. The fraction of sp³-hybridized carbons (Fsp3) is 0.529. The summed E-state index contributed by atoms with van der Waals surface area (Å²) < 4.78 is 16.4. The second-order valence-corrected chi connectivity index (χ2v) is 6.34. The van der Waals surface area contributed by atoms with Gasteiger partial charge in [-0.2, -0.15) is 0 Å². The standard InChI is InChI=1S/C17H21ClN2O5/c1-22-15-3-2-13(10-14(15)18)19-16(21)11-25-20-12-4-6-17(7-5-12)23-8-9-24-17/h2-3,10H,4-9,11H2,1H3,(H,19,21). The van der Waals surface area contributed by atoms with E-state index in [4.69, 9.17) is 30.6 Å². The Morgan fingerprint density at radius 3 is 2.68 bits per heavy atom. The quantitative estimate of drug-likeness (QED) is 0.808. The van der Waals surface area contributed by atoms with Crippen LogP contribution in [0.4, 0.5) is 5.69 Å². The molecule has 1 aliphatic heterocycles. The molecule has 1 amide bonds. The normalized spacial score (nSPS) is 18.9. The Balaban J connectivity index is 1.43. The molecule has 0 aromatic heterocycles. The molecule has 1 aromatic rings. The van der Waals surface area contributed by atoms with E-state index < -0.39 is 5.79 Å². The molecule has 0 atom stereocenters. The third-order valence-electron chi connectivity index (χ3n) is 4.23. The highest BCUT2D eigenvalue weighted by atomic mass is 35.5. The van der Waals surface area contributed by atoms with Crippen LogP contribution in [0.5, 0.6) is 5.75 Å². The van der Waals surface area contributed by atoms with Crippen molar-refractivity contribution in [2.45, 2.75) is 31.5 Å². The average Bonchev–Trinajstić information content (AvgIpc) is 3.05. The van der Waals surface area contributed by atoms with Crippen molar-refractivity contribution in [2.75, 3.05) is 32.2 Å². The largest absolute Gasteiger partial charge is 0.495 e. The van der Waals surface area contributed by atoms with Crippen LogP contribution in [0.3, 0.4) is 0 Å². The number of carbonyl (C=O) groups excluding carboxylic acids is 1.